The molecule has 4 nitrogen and oxygen atoms in total. The number of aliphatic hydroxyl groups is 1. The summed E-state index contributed by atoms with van der Waals surface area (Å²) in [6.45, 7) is 6.33. The molecule has 1 heterocycles. The Kier molecular flexibility index (Phi) is 4.40. The molecule has 0 saturated heterocycles. The number of rotatable bonds is 5. The van der Waals surface area contributed by atoms with E-state index in [2.05, 4.69) is 24.3 Å². The Bertz CT molecular complexity index is 373. The maximum absolute atomic E-state index is 8.84. The predicted molar refractivity (Wildman–Crippen MR) is 72.2 cm³/mol. The summed E-state index contributed by atoms with van der Waals surface area (Å²) in [4.78, 5) is 0. The second kappa shape index (κ2) is 5.85. The van der Waals surface area contributed by atoms with Crippen LogP contribution in [-0.4, -0.2) is 27.5 Å². The molecule has 4 heteroatoms. The fourth-order valence-electron chi connectivity index (χ4n) is 2.86. The van der Waals surface area contributed by atoms with Crippen LogP contribution >= 0.6 is 0 Å². The lowest BCUT2D eigenvalue weighted by Crippen LogP contribution is -2.36. The third kappa shape index (κ3) is 3.82. The Morgan fingerprint density at radius 3 is 3.11 bits per heavy atom. The number of hydrogen-bond acceptors (Lipinski definition) is 3. The molecule has 1 aliphatic rings. The van der Waals surface area contributed by atoms with Crippen LogP contribution in [0.2, 0.25) is 0 Å². The van der Waals surface area contributed by atoms with E-state index in [0.717, 1.165) is 6.54 Å². The zero-order valence-corrected chi connectivity index (χ0v) is 11.5. The third-order valence-corrected chi connectivity index (χ3v) is 3.82. The first-order chi connectivity index (χ1) is 8.59. The van der Waals surface area contributed by atoms with Gasteiger partial charge in [-0.1, -0.05) is 20.3 Å². The Labute approximate surface area is 109 Å². The average Bonchev–Trinajstić information content (AvgIpc) is 2.74. The van der Waals surface area contributed by atoms with E-state index in [1.807, 2.05) is 12.4 Å². The minimum absolute atomic E-state index is 0.144. The SMILES string of the molecule is CC1(C)CCCC(NCc2cnn(CCO)c2)C1. The van der Waals surface area contributed by atoms with Gasteiger partial charge in [0.25, 0.3) is 0 Å². The highest BCUT2D eigenvalue weighted by molar-refractivity contribution is 5.03. The molecular formula is C14H25N3O. The maximum atomic E-state index is 8.84. The molecule has 1 unspecified atom stereocenters. The Morgan fingerprint density at radius 2 is 2.39 bits per heavy atom. The molecule has 0 aliphatic heterocycles. The second-order valence-electron chi connectivity index (χ2n) is 6.17. The minimum Gasteiger partial charge on any atom is -0.394 e. The first-order valence-corrected chi connectivity index (χ1v) is 6.95. The summed E-state index contributed by atoms with van der Waals surface area (Å²) in [5.74, 6) is 0. The van der Waals surface area contributed by atoms with E-state index < -0.39 is 0 Å². The Morgan fingerprint density at radius 1 is 1.56 bits per heavy atom. The highest BCUT2D eigenvalue weighted by atomic mass is 16.3. The lowest BCUT2D eigenvalue weighted by Gasteiger charge is -2.35. The average molecular weight is 251 g/mol. The first kappa shape index (κ1) is 13.6. The van der Waals surface area contributed by atoms with Crippen LogP contribution in [0.1, 0.15) is 45.1 Å². The zero-order valence-electron chi connectivity index (χ0n) is 11.5. The van der Waals surface area contributed by atoms with E-state index in [1.54, 1.807) is 4.68 Å². The lowest BCUT2D eigenvalue weighted by molar-refractivity contribution is 0.198. The lowest BCUT2D eigenvalue weighted by atomic mass is 9.75. The van der Waals surface area contributed by atoms with Crippen LogP contribution in [0.4, 0.5) is 0 Å². The number of nitrogens with one attached hydrogen (secondary N) is 1. The molecule has 102 valence electrons. The van der Waals surface area contributed by atoms with Crippen molar-refractivity contribution < 1.29 is 5.11 Å². The quantitative estimate of drug-likeness (QED) is 0.841. The molecule has 18 heavy (non-hydrogen) atoms. The van der Waals surface area contributed by atoms with Crippen LogP contribution in [0, 0.1) is 5.41 Å². The van der Waals surface area contributed by atoms with Gasteiger partial charge >= 0.3 is 0 Å². The van der Waals surface area contributed by atoms with Crippen molar-refractivity contribution in [3.8, 4) is 0 Å². The summed E-state index contributed by atoms with van der Waals surface area (Å²) in [5, 5.41) is 16.7. The summed E-state index contributed by atoms with van der Waals surface area (Å²) in [6.07, 6.45) is 9.12. The van der Waals surface area contributed by atoms with E-state index in [-0.39, 0.29) is 6.61 Å². The fourth-order valence-corrected chi connectivity index (χ4v) is 2.86. The van der Waals surface area contributed by atoms with Gasteiger partial charge in [0.15, 0.2) is 0 Å². The van der Waals surface area contributed by atoms with E-state index in [4.69, 9.17) is 5.11 Å². The standard InChI is InChI=1S/C14H25N3O/c1-14(2)5-3-4-13(8-14)15-9-12-10-16-17(11-12)6-7-18/h10-11,13,15,18H,3-9H2,1-2H3. The van der Waals surface area contributed by atoms with Gasteiger partial charge in [-0.15, -0.1) is 0 Å². The minimum atomic E-state index is 0.144. The van der Waals surface area contributed by atoms with Gasteiger partial charge in [0.05, 0.1) is 19.3 Å². The van der Waals surface area contributed by atoms with Gasteiger partial charge in [-0.2, -0.15) is 5.10 Å². The Balaban J connectivity index is 1.79. The van der Waals surface area contributed by atoms with Crippen LogP contribution in [-0.2, 0) is 13.1 Å². The molecular weight excluding hydrogens is 226 g/mol. The van der Waals surface area contributed by atoms with Crippen molar-refractivity contribution in [3.63, 3.8) is 0 Å². The predicted octanol–water partition coefficient (Wildman–Crippen LogP) is 1.93. The molecule has 0 radical (unpaired) electrons. The van der Waals surface area contributed by atoms with Crippen LogP contribution in [0.25, 0.3) is 0 Å². The van der Waals surface area contributed by atoms with Crippen molar-refractivity contribution in [1.82, 2.24) is 15.1 Å². The molecule has 1 aromatic rings. The smallest absolute Gasteiger partial charge is 0.0640 e. The van der Waals surface area contributed by atoms with Crippen molar-refractivity contribution in [2.45, 2.75) is 58.7 Å². The van der Waals surface area contributed by atoms with Crippen LogP contribution < -0.4 is 5.32 Å². The van der Waals surface area contributed by atoms with Gasteiger partial charge in [0, 0.05) is 24.3 Å². The van der Waals surface area contributed by atoms with E-state index in [0.29, 0.717) is 18.0 Å². The monoisotopic (exact) mass is 251 g/mol. The van der Waals surface area contributed by atoms with Crippen molar-refractivity contribution >= 4 is 0 Å². The first-order valence-electron chi connectivity index (χ1n) is 6.95. The van der Waals surface area contributed by atoms with E-state index in [9.17, 15) is 0 Å². The highest BCUT2D eigenvalue weighted by Crippen LogP contribution is 2.35. The zero-order chi connectivity index (χ0) is 13.0. The topological polar surface area (TPSA) is 50.1 Å². The molecule has 0 amide bonds. The van der Waals surface area contributed by atoms with E-state index in [1.165, 1.54) is 31.2 Å². The molecule has 0 spiro atoms. The largest absolute Gasteiger partial charge is 0.394 e. The number of aliphatic hydroxyl groups excluding tert-OH is 1. The van der Waals surface area contributed by atoms with Crippen molar-refractivity contribution in [1.29, 1.82) is 0 Å². The van der Waals surface area contributed by atoms with E-state index >= 15 is 0 Å². The van der Waals surface area contributed by atoms with Crippen LogP contribution in [0.3, 0.4) is 0 Å². The van der Waals surface area contributed by atoms with Crippen LogP contribution in [0.15, 0.2) is 12.4 Å². The molecule has 1 fully saturated rings. The molecule has 2 rings (SSSR count). The maximum Gasteiger partial charge on any atom is 0.0640 e. The van der Waals surface area contributed by atoms with Gasteiger partial charge in [-0.3, -0.25) is 4.68 Å². The second-order valence-corrected chi connectivity index (χ2v) is 6.17. The van der Waals surface area contributed by atoms with Gasteiger partial charge < -0.3 is 10.4 Å². The molecule has 0 aromatic carbocycles. The van der Waals surface area contributed by atoms with Crippen molar-refractivity contribution in [3.05, 3.63) is 18.0 Å². The van der Waals surface area contributed by atoms with Gasteiger partial charge in [0.2, 0.25) is 0 Å². The highest BCUT2D eigenvalue weighted by Gasteiger charge is 2.27. The molecule has 1 atom stereocenters. The summed E-state index contributed by atoms with van der Waals surface area (Å²) < 4.78 is 1.79. The van der Waals surface area contributed by atoms with Crippen LogP contribution in [0.5, 0.6) is 0 Å². The number of nitrogens with zero attached hydrogens (tertiary/aromatic N) is 2. The van der Waals surface area contributed by atoms with Crippen molar-refractivity contribution in [2.24, 2.45) is 5.41 Å². The molecule has 1 saturated carbocycles. The van der Waals surface area contributed by atoms with Gasteiger partial charge in [0.1, 0.15) is 0 Å². The molecule has 2 N–H and O–H groups in total. The molecule has 0 bridgehead atoms. The number of aromatic nitrogens is 2. The Hall–Kier alpha value is -0.870. The summed E-state index contributed by atoms with van der Waals surface area (Å²) in [6, 6.07) is 0.634. The van der Waals surface area contributed by atoms with Gasteiger partial charge in [-0.05, 0) is 24.7 Å². The summed E-state index contributed by atoms with van der Waals surface area (Å²) >= 11 is 0. The summed E-state index contributed by atoms with van der Waals surface area (Å²) in [7, 11) is 0. The summed E-state index contributed by atoms with van der Waals surface area (Å²) in [5.41, 5.74) is 1.68. The third-order valence-electron chi connectivity index (χ3n) is 3.82. The fraction of sp³-hybridized carbons (Fsp3) is 0.786. The number of hydrogen-bond donors (Lipinski definition) is 2. The molecule has 1 aromatic heterocycles. The normalized spacial score (nSPS) is 23.2. The molecule has 1 aliphatic carbocycles. The van der Waals surface area contributed by atoms with Gasteiger partial charge in [-0.25, -0.2) is 0 Å². The van der Waals surface area contributed by atoms with Crippen molar-refractivity contribution in [2.75, 3.05) is 6.61 Å².